The van der Waals surface area contributed by atoms with Gasteiger partial charge in [0.2, 0.25) is 0 Å². The van der Waals surface area contributed by atoms with E-state index in [-0.39, 0.29) is 0 Å². The van der Waals surface area contributed by atoms with Crippen molar-refractivity contribution in [1.82, 2.24) is 10.2 Å². The average Bonchev–Trinajstić information content (AvgIpc) is 2.82. The molecule has 0 aliphatic heterocycles. The van der Waals surface area contributed by atoms with Gasteiger partial charge < -0.3 is 5.73 Å². The summed E-state index contributed by atoms with van der Waals surface area (Å²) in [5.74, 6) is 0.481. The second-order valence-electron chi connectivity index (χ2n) is 4.82. The average molecular weight is 363 g/mol. The Kier molecular flexibility index (Phi) is 3.74. The number of nitrogen functional groups attached to an aromatic ring is 1. The summed E-state index contributed by atoms with van der Waals surface area (Å²) in [4.78, 5) is 0. The highest BCUT2D eigenvalue weighted by Gasteiger charge is 2.16. The number of hydrogen-bond acceptors (Lipinski definition) is 2. The van der Waals surface area contributed by atoms with Crippen molar-refractivity contribution in [3.05, 3.63) is 57.5 Å². The van der Waals surface area contributed by atoms with Crippen LogP contribution in [0.25, 0.3) is 22.4 Å². The van der Waals surface area contributed by atoms with Crippen molar-refractivity contribution in [2.45, 2.75) is 6.92 Å². The molecule has 1 heterocycles. The van der Waals surface area contributed by atoms with Gasteiger partial charge in [0.05, 0.1) is 11.3 Å². The van der Waals surface area contributed by atoms with Gasteiger partial charge in [-0.1, -0.05) is 45.7 Å². The zero-order chi connectivity index (χ0) is 15.0. The minimum atomic E-state index is 0.481. The molecule has 0 bridgehead atoms. The van der Waals surface area contributed by atoms with Gasteiger partial charge in [-0.15, -0.1) is 0 Å². The molecule has 2 aromatic carbocycles. The molecule has 0 amide bonds. The summed E-state index contributed by atoms with van der Waals surface area (Å²) >= 11 is 9.43. The summed E-state index contributed by atoms with van der Waals surface area (Å²) in [6, 6.07) is 13.7. The van der Waals surface area contributed by atoms with E-state index in [9.17, 15) is 0 Å². The van der Waals surface area contributed by atoms with Crippen molar-refractivity contribution in [1.29, 1.82) is 0 Å². The highest BCUT2D eigenvalue weighted by atomic mass is 79.9. The highest BCUT2D eigenvalue weighted by Crippen LogP contribution is 2.37. The molecule has 1 aromatic heterocycles. The van der Waals surface area contributed by atoms with Crippen molar-refractivity contribution in [3.63, 3.8) is 0 Å². The predicted octanol–water partition coefficient (Wildman–Crippen LogP) is 5.05. The fraction of sp³-hybridized carbons (Fsp3) is 0.0625. The normalized spacial score (nSPS) is 10.8. The van der Waals surface area contributed by atoms with Crippen molar-refractivity contribution in [2.24, 2.45) is 0 Å². The summed E-state index contributed by atoms with van der Waals surface area (Å²) < 4.78 is 1.05. The zero-order valence-corrected chi connectivity index (χ0v) is 13.7. The Morgan fingerprint density at radius 2 is 1.86 bits per heavy atom. The third-order valence-electron chi connectivity index (χ3n) is 3.38. The molecule has 0 saturated heterocycles. The van der Waals surface area contributed by atoms with Crippen LogP contribution in [0, 0.1) is 6.92 Å². The van der Waals surface area contributed by atoms with Crippen molar-refractivity contribution in [3.8, 4) is 22.4 Å². The van der Waals surface area contributed by atoms with Crippen LogP contribution in [0.3, 0.4) is 0 Å². The molecule has 0 spiro atoms. The fourth-order valence-electron chi connectivity index (χ4n) is 2.37. The topological polar surface area (TPSA) is 54.7 Å². The van der Waals surface area contributed by atoms with E-state index in [1.54, 1.807) is 0 Å². The number of aromatic nitrogens is 2. The van der Waals surface area contributed by atoms with Gasteiger partial charge in [0.1, 0.15) is 0 Å². The first-order valence-corrected chi connectivity index (χ1v) is 7.59. The fourth-order valence-corrected chi connectivity index (χ4v) is 2.97. The number of nitrogens with two attached hydrogens (primary N) is 1. The summed E-state index contributed by atoms with van der Waals surface area (Å²) in [5, 5.41) is 7.90. The van der Waals surface area contributed by atoms with Crippen molar-refractivity contribution < 1.29 is 0 Å². The maximum atomic E-state index is 6.04. The smallest absolute Gasteiger partial charge is 0.153 e. The van der Waals surface area contributed by atoms with Gasteiger partial charge in [0, 0.05) is 15.1 Å². The first-order chi connectivity index (χ1) is 10.1. The Labute approximate surface area is 136 Å². The van der Waals surface area contributed by atoms with Crippen LogP contribution in [0.4, 0.5) is 5.82 Å². The number of aryl methyl sites for hydroxylation is 1. The van der Waals surface area contributed by atoms with E-state index in [4.69, 9.17) is 17.3 Å². The Morgan fingerprint density at radius 1 is 1.14 bits per heavy atom. The second-order valence-corrected chi connectivity index (χ2v) is 6.18. The number of aromatic amines is 1. The van der Waals surface area contributed by atoms with E-state index >= 15 is 0 Å². The molecule has 3 aromatic rings. The minimum absolute atomic E-state index is 0.481. The molecule has 3 N–H and O–H groups in total. The van der Waals surface area contributed by atoms with E-state index in [0.29, 0.717) is 10.8 Å². The first-order valence-electron chi connectivity index (χ1n) is 6.42. The molecule has 0 atom stereocenters. The Morgan fingerprint density at radius 3 is 2.52 bits per heavy atom. The van der Waals surface area contributed by atoms with E-state index in [2.05, 4.69) is 39.1 Å². The molecular formula is C16H13BrClN3. The lowest BCUT2D eigenvalue weighted by Gasteiger charge is -2.08. The van der Waals surface area contributed by atoms with Crippen molar-refractivity contribution in [2.75, 3.05) is 5.73 Å². The van der Waals surface area contributed by atoms with Gasteiger partial charge in [-0.2, -0.15) is 5.10 Å². The Hall–Kier alpha value is -1.78. The van der Waals surface area contributed by atoms with Gasteiger partial charge in [-0.25, -0.2) is 0 Å². The number of benzene rings is 2. The zero-order valence-electron chi connectivity index (χ0n) is 11.3. The molecule has 3 nitrogen and oxygen atoms in total. The van der Waals surface area contributed by atoms with Crippen LogP contribution in [0.15, 0.2) is 46.9 Å². The summed E-state index contributed by atoms with van der Waals surface area (Å²) in [6.07, 6.45) is 0. The quantitative estimate of drug-likeness (QED) is 0.670. The number of rotatable bonds is 2. The maximum absolute atomic E-state index is 6.04. The number of anilines is 1. The predicted molar refractivity (Wildman–Crippen MR) is 91.3 cm³/mol. The van der Waals surface area contributed by atoms with Gasteiger partial charge >= 0.3 is 0 Å². The third kappa shape index (κ3) is 2.69. The number of hydrogen-bond donors (Lipinski definition) is 2. The highest BCUT2D eigenvalue weighted by molar-refractivity contribution is 9.10. The summed E-state index contributed by atoms with van der Waals surface area (Å²) in [7, 11) is 0. The third-order valence-corrected chi connectivity index (χ3v) is 4.13. The molecule has 0 fully saturated rings. The van der Waals surface area contributed by atoms with Gasteiger partial charge in [0.15, 0.2) is 5.82 Å². The lowest BCUT2D eigenvalue weighted by atomic mass is 9.98. The van der Waals surface area contributed by atoms with Crippen molar-refractivity contribution >= 4 is 33.3 Å². The van der Waals surface area contributed by atoms with Gasteiger partial charge in [-0.05, 0) is 42.3 Å². The van der Waals surface area contributed by atoms with E-state index in [1.165, 1.54) is 0 Å². The van der Waals surface area contributed by atoms with Crippen LogP contribution in [-0.2, 0) is 0 Å². The van der Waals surface area contributed by atoms with Crippen LogP contribution < -0.4 is 5.73 Å². The van der Waals surface area contributed by atoms with Crippen LogP contribution in [0.1, 0.15) is 5.56 Å². The number of H-pyrrole nitrogens is 1. The second kappa shape index (κ2) is 5.54. The molecule has 0 radical (unpaired) electrons. The van der Waals surface area contributed by atoms with E-state index in [1.807, 2.05) is 36.4 Å². The minimum Gasteiger partial charge on any atom is -0.382 e. The maximum Gasteiger partial charge on any atom is 0.153 e. The lowest BCUT2D eigenvalue weighted by Crippen LogP contribution is -1.90. The van der Waals surface area contributed by atoms with Crippen LogP contribution >= 0.6 is 27.5 Å². The SMILES string of the molecule is Cc1cc(Br)ccc1-c1[nH]nc(N)c1-c1ccc(Cl)cc1. The molecule has 106 valence electrons. The summed E-state index contributed by atoms with van der Waals surface area (Å²) in [5.41, 5.74) is 11.1. The molecule has 21 heavy (non-hydrogen) atoms. The first kappa shape index (κ1) is 14.2. The largest absolute Gasteiger partial charge is 0.382 e. The molecule has 5 heteroatoms. The monoisotopic (exact) mass is 361 g/mol. The van der Waals surface area contributed by atoms with E-state index in [0.717, 1.165) is 32.4 Å². The molecule has 3 rings (SSSR count). The standard InChI is InChI=1S/C16H13BrClN3/c1-9-8-11(17)4-7-13(9)15-14(16(19)21-20-15)10-2-5-12(18)6-3-10/h2-8H,1H3,(H3,19,20,21). The van der Waals surface area contributed by atoms with Crippen LogP contribution in [0.5, 0.6) is 0 Å². The lowest BCUT2D eigenvalue weighted by molar-refractivity contribution is 1.10. The Balaban J connectivity index is 2.19. The van der Waals surface area contributed by atoms with Crippen LogP contribution in [0.2, 0.25) is 5.02 Å². The van der Waals surface area contributed by atoms with E-state index < -0.39 is 0 Å². The molecular weight excluding hydrogens is 350 g/mol. The van der Waals surface area contributed by atoms with Gasteiger partial charge in [0.25, 0.3) is 0 Å². The number of nitrogens with zero attached hydrogens (tertiary/aromatic N) is 1. The molecule has 0 unspecified atom stereocenters. The van der Waals surface area contributed by atoms with Crippen LogP contribution in [-0.4, -0.2) is 10.2 Å². The number of halogens is 2. The van der Waals surface area contributed by atoms with Gasteiger partial charge in [-0.3, -0.25) is 5.10 Å². The molecule has 0 saturated carbocycles. The number of nitrogens with one attached hydrogen (secondary N) is 1. The summed E-state index contributed by atoms with van der Waals surface area (Å²) in [6.45, 7) is 2.06. The molecule has 0 aliphatic carbocycles. The molecule has 0 aliphatic rings. The Bertz CT molecular complexity index is 794.